The Labute approximate surface area is 108 Å². The molecule has 0 unspecified atom stereocenters. The summed E-state index contributed by atoms with van der Waals surface area (Å²) in [5.41, 5.74) is 1.20. The molecule has 3 rings (SSSR count). The van der Waals surface area contributed by atoms with E-state index in [0.717, 1.165) is 18.3 Å². The minimum atomic E-state index is 0.833. The topological polar surface area (TPSA) is 29.9 Å². The number of fused-ring (bicyclic) bond motifs is 1. The van der Waals surface area contributed by atoms with Gasteiger partial charge in [0, 0.05) is 19.0 Å². The summed E-state index contributed by atoms with van der Waals surface area (Å²) in [5, 5.41) is 9.36. The standard InChI is InChI=1S/C15H21N3/c1-18-14-10-6-5-9-13(14)15(17-18)16-11-12-7-3-2-4-8-12/h5-6,9-10,12H,2-4,7-8,11H2,1H3,(H,16,17). The third kappa shape index (κ3) is 2.22. The lowest BCUT2D eigenvalue weighted by atomic mass is 9.89. The van der Waals surface area contributed by atoms with Crippen LogP contribution >= 0.6 is 0 Å². The van der Waals surface area contributed by atoms with Gasteiger partial charge in [-0.05, 0) is 30.9 Å². The van der Waals surface area contributed by atoms with Gasteiger partial charge in [-0.15, -0.1) is 0 Å². The predicted octanol–water partition coefficient (Wildman–Crippen LogP) is 3.57. The fourth-order valence-corrected chi connectivity index (χ4v) is 2.98. The number of hydrogen-bond donors (Lipinski definition) is 1. The highest BCUT2D eigenvalue weighted by atomic mass is 15.3. The number of nitrogens with zero attached hydrogens (tertiary/aromatic N) is 2. The van der Waals surface area contributed by atoms with E-state index < -0.39 is 0 Å². The first-order valence-corrected chi connectivity index (χ1v) is 7.00. The Morgan fingerprint density at radius 2 is 2.00 bits per heavy atom. The first-order chi connectivity index (χ1) is 8.84. The lowest BCUT2D eigenvalue weighted by Crippen LogP contribution is -2.17. The molecule has 96 valence electrons. The summed E-state index contributed by atoms with van der Waals surface area (Å²) in [4.78, 5) is 0. The molecule has 18 heavy (non-hydrogen) atoms. The van der Waals surface area contributed by atoms with Crippen LogP contribution in [0.3, 0.4) is 0 Å². The number of anilines is 1. The largest absolute Gasteiger partial charge is 0.368 e. The summed E-state index contributed by atoms with van der Waals surface area (Å²) in [6.45, 7) is 1.07. The molecular weight excluding hydrogens is 222 g/mol. The van der Waals surface area contributed by atoms with E-state index in [9.17, 15) is 0 Å². The van der Waals surface area contributed by atoms with E-state index in [1.54, 1.807) is 0 Å². The normalized spacial score (nSPS) is 17.2. The van der Waals surface area contributed by atoms with Crippen LogP contribution in [0.1, 0.15) is 32.1 Å². The smallest absolute Gasteiger partial charge is 0.155 e. The molecule has 1 aliphatic rings. The van der Waals surface area contributed by atoms with Gasteiger partial charge in [-0.2, -0.15) is 5.10 Å². The number of para-hydroxylation sites is 1. The van der Waals surface area contributed by atoms with Crippen molar-refractivity contribution in [3.8, 4) is 0 Å². The number of hydrogen-bond acceptors (Lipinski definition) is 2. The van der Waals surface area contributed by atoms with Crippen molar-refractivity contribution in [1.82, 2.24) is 9.78 Å². The monoisotopic (exact) mass is 243 g/mol. The van der Waals surface area contributed by atoms with Crippen molar-refractivity contribution < 1.29 is 0 Å². The summed E-state index contributed by atoms with van der Waals surface area (Å²) >= 11 is 0. The Kier molecular flexibility index (Phi) is 3.22. The van der Waals surface area contributed by atoms with E-state index in [2.05, 4.69) is 34.7 Å². The molecule has 1 saturated carbocycles. The molecule has 0 aliphatic heterocycles. The second-order valence-corrected chi connectivity index (χ2v) is 5.37. The van der Waals surface area contributed by atoms with Gasteiger partial charge in [0.1, 0.15) is 0 Å². The highest BCUT2D eigenvalue weighted by Gasteiger charge is 2.14. The van der Waals surface area contributed by atoms with Gasteiger partial charge in [0.05, 0.1) is 5.52 Å². The molecule has 3 heteroatoms. The summed E-state index contributed by atoms with van der Waals surface area (Å²) in [5.74, 6) is 1.87. The molecule has 1 aliphatic carbocycles. The molecule has 0 spiro atoms. The average molecular weight is 243 g/mol. The second-order valence-electron chi connectivity index (χ2n) is 5.37. The molecule has 2 aromatic rings. The van der Waals surface area contributed by atoms with E-state index >= 15 is 0 Å². The first-order valence-electron chi connectivity index (χ1n) is 7.00. The minimum Gasteiger partial charge on any atom is -0.368 e. The molecule has 0 bridgehead atoms. The van der Waals surface area contributed by atoms with Crippen molar-refractivity contribution in [2.45, 2.75) is 32.1 Å². The lowest BCUT2D eigenvalue weighted by Gasteiger charge is -2.21. The van der Waals surface area contributed by atoms with Crippen LogP contribution in [0.25, 0.3) is 10.9 Å². The third-order valence-corrected chi connectivity index (χ3v) is 4.04. The quantitative estimate of drug-likeness (QED) is 0.893. The fourth-order valence-electron chi connectivity index (χ4n) is 2.98. The summed E-state index contributed by atoms with van der Waals surface area (Å²) in [6.07, 6.45) is 6.96. The molecule has 0 amide bonds. The Bertz CT molecular complexity index is 524. The van der Waals surface area contributed by atoms with E-state index in [-0.39, 0.29) is 0 Å². The third-order valence-electron chi connectivity index (χ3n) is 4.04. The van der Waals surface area contributed by atoms with Gasteiger partial charge in [0.25, 0.3) is 0 Å². The molecule has 0 radical (unpaired) electrons. The van der Waals surface area contributed by atoms with Gasteiger partial charge in [-0.3, -0.25) is 4.68 Å². The number of benzene rings is 1. The van der Waals surface area contributed by atoms with E-state index in [0.29, 0.717) is 0 Å². The zero-order chi connectivity index (χ0) is 12.4. The molecule has 1 aromatic carbocycles. The van der Waals surface area contributed by atoms with Crippen LogP contribution in [0.15, 0.2) is 24.3 Å². The van der Waals surface area contributed by atoms with Crippen LogP contribution in [-0.2, 0) is 7.05 Å². The van der Waals surface area contributed by atoms with Gasteiger partial charge in [-0.1, -0.05) is 31.4 Å². The molecule has 0 saturated heterocycles. The van der Waals surface area contributed by atoms with Crippen LogP contribution in [0.5, 0.6) is 0 Å². The Hall–Kier alpha value is -1.51. The van der Waals surface area contributed by atoms with Gasteiger partial charge in [-0.25, -0.2) is 0 Å². The van der Waals surface area contributed by atoms with Crippen molar-refractivity contribution in [2.75, 3.05) is 11.9 Å². The van der Waals surface area contributed by atoms with Crippen LogP contribution in [0.2, 0.25) is 0 Å². The molecule has 3 nitrogen and oxygen atoms in total. The maximum absolute atomic E-state index is 4.58. The lowest BCUT2D eigenvalue weighted by molar-refractivity contribution is 0.373. The van der Waals surface area contributed by atoms with Gasteiger partial charge >= 0.3 is 0 Å². The molecule has 1 aromatic heterocycles. The highest BCUT2D eigenvalue weighted by Crippen LogP contribution is 2.26. The van der Waals surface area contributed by atoms with Crippen molar-refractivity contribution in [3.05, 3.63) is 24.3 Å². The maximum Gasteiger partial charge on any atom is 0.155 e. The van der Waals surface area contributed by atoms with Gasteiger partial charge in [0.2, 0.25) is 0 Å². The van der Waals surface area contributed by atoms with Crippen LogP contribution < -0.4 is 5.32 Å². The zero-order valence-electron chi connectivity index (χ0n) is 11.0. The number of rotatable bonds is 3. The number of nitrogens with one attached hydrogen (secondary N) is 1. The van der Waals surface area contributed by atoms with Crippen molar-refractivity contribution in [3.63, 3.8) is 0 Å². The molecule has 1 N–H and O–H groups in total. The van der Waals surface area contributed by atoms with Crippen LogP contribution in [0.4, 0.5) is 5.82 Å². The first kappa shape index (κ1) is 11.6. The second kappa shape index (κ2) is 5.01. The Balaban J connectivity index is 1.74. The Morgan fingerprint density at radius 3 is 2.83 bits per heavy atom. The zero-order valence-corrected chi connectivity index (χ0v) is 11.0. The summed E-state index contributed by atoms with van der Waals surface area (Å²) in [7, 11) is 2.01. The molecule has 0 atom stereocenters. The highest BCUT2D eigenvalue weighted by molar-refractivity contribution is 5.90. The van der Waals surface area contributed by atoms with Crippen LogP contribution in [-0.4, -0.2) is 16.3 Å². The van der Waals surface area contributed by atoms with Crippen molar-refractivity contribution >= 4 is 16.7 Å². The molecule has 1 fully saturated rings. The van der Waals surface area contributed by atoms with Gasteiger partial charge < -0.3 is 5.32 Å². The van der Waals surface area contributed by atoms with Crippen LogP contribution in [0, 0.1) is 5.92 Å². The molecule has 1 heterocycles. The van der Waals surface area contributed by atoms with E-state index in [1.165, 1.54) is 43.0 Å². The summed E-state index contributed by atoms with van der Waals surface area (Å²) in [6, 6.07) is 8.41. The number of aromatic nitrogens is 2. The van der Waals surface area contributed by atoms with E-state index in [1.807, 2.05) is 11.7 Å². The fraction of sp³-hybridized carbons (Fsp3) is 0.533. The van der Waals surface area contributed by atoms with Crippen molar-refractivity contribution in [1.29, 1.82) is 0 Å². The maximum atomic E-state index is 4.58. The average Bonchev–Trinajstić information content (AvgIpc) is 2.75. The van der Waals surface area contributed by atoms with Crippen molar-refractivity contribution in [2.24, 2.45) is 13.0 Å². The summed E-state index contributed by atoms with van der Waals surface area (Å²) < 4.78 is 1.96. The molecular formula is C15H21N3. The Morgan fingerprint density at radius 1 is 1.22 bits per heavy atom. The van der Waals surface area contributed by atoms with Gasteiger partial charge in [0.15, 0.2) is 5.82 Å². The number of aryl methyl sites for hydroxylation is 1. The predicted molar refractivity (Wildman–Crippen MR) is 75.8 cm³/mol. The SMILES string of the molecule is Cn1nc(NCC2CCCCC2)c2ccccc21. The minimum absolute atomic E-state index is 0.833. The van der Waals surface area contributed by atoms with E-state index in [4.69, 9.17) is 0 Å².